The van der Waals surface area contributed by atoms with Gasteiger partial charge in [-0.1, -0.05) is 163 Å². The minimum absolute atomic E-state index is 0.0968. The predicted octanol–water partition coefficient (Wildman–Crippen LogP) is 23.1. The van der Waals surface area contributed by atoms with Crippen molar-refractivity contribution in [3.05, 3.63) is 264 Å². The number of benzene rings is 4. The van der Waals surface area contributed by atoms with Gasteiger partial charge in [-0.25, -0.2) is 20.2 Å². The average molecular weight is 1440 g/mol. The second-order valence-corrected chi connectivity index (χ2v) is 29.0. The summed E-state index contributed by atoms with van der Waals surface area (Å²) in [7, 11) is 0. The molecule has 8 aromatic rings. The van der Waals surface area contributed by atoms with E-state index < -0.39 is 12.4 Å². The molecular formula is C82H62F6N4O6S4. The number of alkyl halides is 6. The van der Waals surface area contributed by atoms with Crippen LogP contribution in [-0.4, -0.2) is 47.1 Å². The van der Waals surface area contributed by atoms with Crippen LogP contribution in [0.5, 0.6) is 0 Å². The molecule has 2 saturated carbocycles. The van der Waals surface area contributed by atoms with Gasteiger partial charge in [0.2, 0.25) is 0 Å². The van der Waals surface area contributed by atoms with Crippen molar-refractivity contribution in [3.8, 4) is 31.6 Å². The molecule has 0 unspecified atom stereocenters. The molecule has 20 heteroatoms. The standard InChI is InChI=1S/C40H22N4O2S2.C34H22O4S2.2C2H3F3.2C2H6/c1-43-32(20-41)34-24-10-4-6-12-26(24)36(45)28(34)16-22-18-30-38(47-22)39-31(40(30)14-8-3-9-15-40)19-23(48-39)17-29-35(33(21-42)44-2)25-11-5-7-13-27(25)37(29)46;35-28-20-8-2-3-9-21(20)29(36)24(28)14-18-16-26-32(39-18)33-27(34(26)12-6-1-7-13-34)17-19(40-33)15-25-30(37)22-10-4-5-11-23(22)31(25)38;2*1-2(3,4)5;2*1-2/h4-7,10-13,16-19H,3,8-9,14-15H2;2-5,8-11,14-17H,1,6-7,12-13H2;2*1H3;2*1-2H3/b28-16-,29-17-,34-32+,35-33?;;;;;. The van der Waals surface area contributed by atoms with E-state index in [-0.39, 0.29) is 81.9 Å². The van der Waals surface area contributed by atoms with Crippen LogP contribution in [0.4, 0.5) is 26.3 Å². The van der Waals surface area contributed by atoms with E-state index in [0.29, 0.717) is 66.8 Å². The number of allylic oxidation sites excluding steroid dienone is 8. The molecule has 0 N–H and O–H groups in total. The van der Waals surface area contributed by atoms with Crippen molar-refractivity contribution >= 4 is 115 Å². The summed E-state index contributed by atoms with van der Waals surface area (Å²) < 4.78 is 62.1. The van der Waals surface area contributed by atoms with Crippen LogP contribution < -0.4 is 0 Å². The molecule has 10 nitrogen and oxygen atoms in total. The molecule has 8 aliphatic rings. The molecule has 0 bridgehead atoms. The summed E-state index contributed by atoms with van der Waals surface area (Å²) in [5, 5.41) is 19.6. The van der Waals surface area contributed by atoms with Crippen LogP contribution in [0.3, 0.4) is 0 Å². The summed E-state index contributed by atoms with van der Waals surface area (Å²) >= 11 is 6.46. The van der Waals surface area contributed by atoms with Gasteiger partial charge < -0.3 is 0 Å². The van der Waals surface area contributed by atoms with Gasteiger partial charge >= 0.3 is 12.4 Å². The molecule has 0 atom stereocenters. The Labute approximate surface area is 602 Å². The summed E-state index contributed by atoms with van der Waals surface area (Å²) in [6.07, 6.45) is 10.1. The summed E-state index contributed by atoms with van der Waals surface area (Å²) in [6.45, 7) is 23.6. The molecule has 102 heavy (non-hydrogen) atoms. The topological polar surface area (TPSA) is 159 Å². The number of halogens is 6. The van der Waals surface area contributed by atoms with Gasteiger partial charge in [0.05, 0.1) is 36.4 Å². The number of nitriles is 2. The molecule has 8 aliphatic carbocycles. The highest BCUT2D eigenvalue weighted by Crippen LogP contribution is 2.63. The number of hydrogen-bond acceptors (Lipinski definition) is 12. The maximum atomic E-state index is 13.6. The summed E-state index contributed by atoms with van der Waals surface area (Å²) in [5.74, 6) is -1.21. The Hall–Kier alpha value is -10.3. The third kappa shape index (κ3) is 13.4. The summed E-state index contributed by atoms with van der Waals surface area (Å²) in [5.41, 5.74) is 10.7. The maximum Gasteiger partial charge on any atom is 0.386 e. The molecule has 16 rings (SSSR count). The van der Waals surface area contributed by atoms with Gasteiger partial charge in [0.25, 0.3) is 11.4 Å². The van der Waals surface area contributed by atoms with E-state index in [1.807, 2.05) is 64.1 Å². The van der Waals surface area contributed by atoms with Crippen LogP contribution in [-0.2, 0) is 10.8 Å². The van der Waals surface area contributed by atoms with Crippen molar-refractivity contribution in [2.45, 2.75) is 129 Å². The highest BCUT2D eigenvalue weighted by molar-refractivity contribution is 7.24. The fourth-order valence-corrected chi connectivity index (χ4v) is 19.9. The SMILES string of the molecule is CC.CC.CC(F)(F)F.CC(F)(F)F.O=C1C(=Cc2cc3c(s2)-c2sc(C=C4C(=O)c5ccccc5C4=O)cc2C32CCCCC2)C(=O)c2ccccc21.[C-]#[N+]C(C#N)=C1/C(=C/c2cc3c(s2)-c2sc(/C=C4\C(=O)c5ccccc5\C4=C(\C#N)[N+]#[C-])cc2C32CCCCC2)C(=O)c2ccccc21. The Morgan fingerprint density at radius 1 is 0.392 bits per heavy atom. The second kappa shape index (κ2) is 29.3. The number of Topliss-reactive ketones (excluding diaryl/α,β-unsaturated/α-hetero) is 6. The zero-order valence-electron chi connectivity index (χ0n) is 56.1. The van der Waals surface area contributed by atoms with E-state index in [1.165, 1.54) is 38.4 Å². The quantitative estimate of drug-likeness (QED) is 0.0554. The van der Waals surface area contributed by atoms with Crippen LogP contribution >= 0.6 is 45.3 Å². The Balaban J connectivity index is 0.000000175. The molecule has 2 spiro atoms. The van der Waals surface area contributed by atoms with Gasteiger partial charge in [-0.3, -0.25) is 28.8 Å². The van der Waals surface area contributed by atoms with Gasteiger partial charge in [-0.15, -0.1) is 45.3 Å². The lowest BCUT2D eigenvalue weighted by atomic mass is 9.68. The molecular weight excluding hydrogens is 1380 g/mol. The van der Waals surface area contributed by atoms with Crippen LogP contribution in [0.25, 0.3) is 64.6 Å². The minimum atomic E-state index is -4.00. The molecule has 4 aromatic heterocycles. The van der Waals surface area contributed by atoms with Crippen molar-refractivity contribution in [1.82, 2.24) is 0 Å². The lowest BCUT2D eigenvalue weighted by Crippen LogP contribution is -2.27. The van der Waals surface area contributed by atoms with Crippen LogP contribution in [0, 0.1) is 35.8 Å². The lowest BCUT2D eigenvalue weighted by Gasteiger charge is -2.34. The Kier molecular flexibility index (Phi) is 21.0. The van der Waals surface area contributed by atoms with E-state index in [4.69, 9.17) is 13.1 Å². The van der Waals surface area contributed by atoms with E-state index in [2.05, 4.69) is 34.0 Å². The number of carbonyl (C=O) groups is 6. The van der Waals surface area contributed by atoms with Crippen molar-refractivity contribution in [2.75, 3.05) is 0 Å². The van der Waals surface area contributed by atoms with Crippen LogP contribution in [0.15, 0.2) is 155 Å². The summed E-state index contributed by atoms with van der Waals surface area (Å²) in [6, 6.07) is 41.0. The maximum absolute atomic E-state index is 13.6. The highest BCUT2D eigenvalue weighted by atomic mass is 32.1. The molecule has 512 valence electrons. The van der Waals surface area contributed by atoms with Crippen molar-refractivity contribution in [2.24, 2.45) is 0 Å². The summed E-state index contributed by atoms with van der Waals surface area (Å²) in [4.78, 5) is 94.6. The molecule has 0 aliphatic heterocycles. The third-order valence-corrected chi connectivity index (χ3v) is 23.3. The molecule has 0 saturated heterocycles. The first-order valence-corrected chi connectivity index (χ1v) is 36.4. The van der Waals surface area contributed by atoms with Gasteiger partial charge in [0.15, 0.2) is 34.7 Å². The van der Waals surface area contributed by atoms with Crippen molar-refractivity contribution < 1.29 is 55.1 Å². The average Bonchev–Trinajstić information content (AvgIpc) is 1.55. The Bertz CT molecular complexity index is 4810. The number of rotatable bonds is 4. The first kappa shape index (κ1) is 72.9. The number of nitrogens with zero attached hydrogens (tertiary/aromatic N) is 4. The smallest absolute Gasteiger partial charge is 0.289 e. The zero-order valence-corrected chi connectivity index (χ0v) is 59.3. The van der Waals surface area contributed by atoms with Crippen LogP contribution in [0.2, 0.25) is 0 Å². The molecule has 4 heterocycles. The number of carbonyl (C=O) groups excluding carboxylic acids is 6. The molecule has 2 fully saturated rings. The number of thiophene rings is 4. The lowest BCUT2D eigenvalue weighted by molar-refractivity contribution is -0.111. The first-order valence-electron chi connectivity index (χ1n) is 33.2. The number of ketones is 6. The Morgan fingerprint density at radius 2 is 0.598 bits per heavy atom. The molecule has 0 radical (unpaired) electrons. The van der Waals surface area contributed by atoms with Crippen molar-refractivity contribution in [1.29, 1.82) is 10.5 Å². The van der Waals surface area contributed by atoms with E-state index in [1.54, 1.807) is 142 Å². The predicted molar refractivity (Wildman–Crippen MR) is 391 cm³/mol. The number of fused-ring (bicyclic) bond motifs is 14. The van der Waals surface area contributed by atoms with Gasteiger partial charge in [0, 0.05) is 119 Å². The van der Waals surface area contributed by atoms with E-state index in [9.17, 15) is 65.6 Å². The fourth-order valence-electron chi connectivity index (χ4n) is 14.7. The molecule has 0 amide bonds. The monoisotopic (exact) mass is 1440 g/mol. The van der Waals surface area contributed by atoms with E-state index in [0.717, 1.165) is 87.1 Å². The zero-order chi connectivity index (χ0) is 73.3. The molecule has 4 aromatic carbocycles. The van der Waals surface area contributed by atoms with Gasteiger partial charge in [-0.05, 0) is 108 Å². The normalized spacial score (nSPS) is 18.1. The van der Waals surface area contributed by atoms with Crippen molar-refractivity contribution in [3.63, 3.8) is 0 Å². The largest absolute Gasteiger partial charge is 0.386 e. The first-order chi connectivity index (χ1) is 48.9. The van der Waals surface area contributed by atoms with Crippen LogP contribution in [0.1, 0.15) is 221 Å². The Morgan fingerprint density at radius 3 is 0.824 bits per heavy atom. The third-order valence-electron chi connectivity index (χ3n) is 18.7. The van der Waals surface area contributed by atoms with Gasteiger partial charge in [0.1, 0.15) is 0 Å². The number of hydrogen-bond donors (Lipinski definition) is 0. The highest BCUT2D eigenvalue weighted by Gasteiger charge is 2.49. The fraction of sp³-hybridized carbons (Fsp3) is 0.244. The van der Waals surface area contributed by atoms with Gasteiger partial charge in [-0.2, -0.15) is 26.3 Å². The second-order valence-electron chi connectivity index (χ2n) is 24.7. The minimum Gasteiger partial charge on any atom is -0.289 e. The van der Waals surface area contributed by atoms with E-state index >= 15 is 0 Å².